The number of aromatic nitrogens is 1. The van der Waals surface area contributed by atoms with E-state index in [9.17, 15) is 24.3 Å². The highest BCUT2D eigenvalue weighted by Crippen LogP contribution is 2.30. The number of rotatable bonds is 15. The van der Waals surface area contributed by atoms with Crippen LogP contribution >= 0.6 is 0 Å². The molecule has 0 radical (unpaired) electrons. The van der Waals surface area contributed by atoms with E-state index in [4.69, 9.17) is 20.6 Å². The van der Waals surface area contributed by atoms with Gasteiger partial charge in [0.15, 0.2) is 0 Å². The highest BCUT2D eigenvalue weighted by Gasteiger charge is 2.24. The van der Waals surface area contributed by atoms with Gasteiger partial charge in [0.1, 0.15) is 18.1 Å². The summed E-state index contributed by atoms with van der Waals surface area (Å²) >= 11 is 0. The van der Waals surface area contributed by atoms with Crippen LogP contribution in [0.15, 0.2) is 84.9 Å². The molecule has 0 bridgehead atoms. The monoisotopic (exact) mass is 680 g/mol. The molecule has 7 N–H and O–H groups in total. The maximum Gasteiger partial charge on any atom is 0.407 e. The molecule has 0 unspecified atom stereocenters. The molecule has 3 aromatic carbocycles. The molecule has 13 nitrogen and oxygen atoms in total. The Morgan fingerprint density at radius 1 is 0.900 bits per heavy atom. The number of anilines is 1. The summed E-state index contributed by atoms with van der Waals surface area (Å²) in [6.07, 6.45) is -0.172. The summed E-state index contributed by atoms with van der Waals surface area (Å²) in [6, 6.07) is 22.5. The average molecular weight is 681 g/mol. The van der Waals surface area contributed by atoms with Crippen molar-refractivity contribution in [2.75, 3.05) is 18.5 Å². The van der Waals surface area contributed by atoms with Gasteiger partial charge in [0.2, 0.25) is 5.88 Å². The van der Waals surface area contributed by atoms with E-state index in [0.29, 0.717) is 17.7 Å². The minimum atomic E-state index is -1.31. The lowest BCUT2D eigenvalue weighted by molar-refractivity contribution is 0.0697. The third-order valence-corrected chi connectivity index (χ3v) is 7.69. The molecule has 0 aliphatic rings. The molecule has 0 saturated heterocycles. The van der Waals surface area contributed by atoms with E-state index in [-0.39, 0.29) is 71.4 Å². The van der Waals surface area contributed by atoms with Crippen LogP contribution in [0.4, 0.5) is 10.5 Å². The molecule has 50 heavy (non-hydrogen) atoms. The normalized spacial score (nSPS) is 11.3. The lowest BCUT2D eigenvalue weighted by atomic mass is 9.95. The summed E-state index contributed by atoms with van der Waals surface area (Å²) in [4.78, 5) is 56.0. The number of carboxylic acids is 1. The molecule has 0 aliphatic carbocycles. The number of carbonyl (C=O) groups excluding carboxylic acids is 3. The van der Waals surface area contributed by atoms with E-state index in [1.807, 2.05) is 44.2 Å². The molecule has 0 saturated carbocycles. The Morgan fingerprint density at radius 2 is 1.58 bits per heavy atom. The van der Waals surface area contributed by atoms with E-state index in [1.165, 1.54) is 24.3 Å². The number of hydrogen-bond acceptors (Lipinski definition) is 8. The van der Waals surface area contributed by atoms with Crippen LogP contribution in [0.2, 0.25) is 0 Å². The molecule has 13 heteroatoms. The number of hydrogen-bond donors (Lipinski definition) is 6. The van der Waals surface area contributed by atoms with Gasteiger partial charge in [-0.25, -0.2) is 14.6 Å². The molecule has 1 atom stereocenters. The maximum absolute atomic E-state index is 13.5. The Kier molecular flexibility index (Phi) is 12.6. The predicted molar refractivity (Wildman–Crippen MR) is 189 cm³/mol. The number of carboxylic acid groups (broad SMARTS) is 1. The summed E-state index contributed by atoms with van der Waals surface area (Å²) in [6.45, 7) is 6.27. The van der Waals surface area contributed by atoms with Crippen molar-refractivity contribution < 1.29 is 33.8 Å². The van der Waals surface area contributed by atoms with Crippen molar-refractivity contribution in [2.45, 2.75) is 39.8 Å². The molecule has 0 aliphatic heterocycles. The van der Waals surface area contributed by atoms with E-state index < -0.39 is 23.9 Å². The van der Waals surface area contributed by atoms with Gasteiger partial charge in [-0.05, 0) is 72.9 Å². The van der Waals surface area contributed by atoms with Gasteiger partial charge in [0.05, 0.1) is 12.2 Å². The van der Waals surface area contributed by atoms with E-state index in [1.54, 1.807) is 37.3 Å². The third kappa shape index (κ3) is 9.89. The van der Waals surface area contributed by atoms with Crippen molar-refractivity contribution >= 4 is 35.4 Å². The van der Waals surface area contributed by atoms with Gasteiger partial charge >= 0.3 is 12.1 Å². The molecule has 4 rings (SSSR count). The number of pyridine rings is 1. The molecule has 4 aromatic rings. The topological polar surface area (TPSA) is 206 Å². The summed E-state index contributed by atoms with van der Waals surface area (Å²) in [5.74, 6) is -2.40. The Labute approximate surface area is 289 Å². The third-order valence-electron chi connectivity index (χ3n) is 7.69. The average Bonchev–Trinajstić information content (AvgIpc) is 3.10. The Morgan fingerprint density at radius 3 is 2.22 bits per heavy atom. The molecule has 1 aromatic heterocycles. The summed E-state index contributed by atoms with van der Waals surface area (Å²) < 4.78 is 10.8. The second-order valence-electron chi connectivity index (χ2n) is 11.6. The first kappa shape index (κ1) is 36.6. The number of amides is 3. The summed E-state index contributed by atoms with van der Waals surface area (Å²) in [5.41, 5.74) is 7.43. The first-order valence-corrected chi connectivity index (χ1v) is 16.0. The Balaban J connectivity index is 1.51. The standard InChI is InChI=1S/C37H40N6O7/c1-4-49-31-17-16-28(32(43-31)35(45)41-26-13-10-24(11-14-26)33(38)39)27-15-12-25(20-29(27)36(46)47)34(44)42-30(22(2)3)18-19-40-37(48)50-21-23-8-6-5-7-9-23/h5-17,20,22,30H,4,18-19,21H2,1-3H3,(H3,38,39)(H,40,48)(H,41,45)(H,42,44)(H,46,47)/t30-/m0/s1. The summed E-state index contributed by atoms with van der Waals surface area (Å²) in [5, 5.41) is 26.2. The zero-order valence-corrected chi connectivity index (χ0v) is 28.0. The van der Waals surface area contributed by atoms with Gasteiger partial charge in [0, 0.05) is 41.0 Å². The Hall–Kier alpha value is -6.24. The molecular weight excluding hydrogens is 640 g/mol. The molecule has 260 valence electrons. The predicted octanol–water partition coefficient (Wildman–Crippen LogP) is 5.45. The van der Waals surface area contributed by atoms with Crippen molar-refractivity contribution in [3.8, 4) is 17.0 Å². The number of ether oxygens (including phenoxy) is 2. The van der Waals surface area contributed by atoms with Crippen LogP contribution in [0.25, 0.3) is 11.1 Å². The lowest BCUT2D eigenvalue weighted by Gasteiger charge is -2.23. The second kappa shape index (κ2) is 17.2. The van der Waals surface area contributed by atoms with Gasteiger partial charge in [-0.15, -0.1) is 0 Å². The fourth-order valence-corrected chi connectivity index (χ4v) is 5.01. The van der Waals surface area contributed by atoms with Crippen LogP contribution in [0.1, 0.15) is 69.5 Å². The van der Waals surface area contributed by atoms with E-state index in [0.717, 1.165) is 5.56 Å². The minimum Gasteiger partial charge on any atom is -0.478 e. The van der Waals surface area contributed by atoms with Gasteiger partial charge < -0.3 is 36.3 Å². The number of nitrogens with two attached hydrogens (primary N) is 1. The number of alkyl carbamates (subject to hydrolysis) is 1. The largest absolute Gasteiger partial charge is 0.478 e. The fraction of sp³-hybridized carbons (Fsp3) is 0.243. The van der Waals surface area contributed by atoms with Crippen molar-refractivity contribution in [3.63, 3.8) is 0 Å². The second-order valence-corrected chi connectivity index (χ2v) is 11.6. The first-order chi connectivity index (χ1) is 24.0. The van der Waals surface area contributed by atoms with Crippen LogP contribution in [-0.4, -0.2) is 59.0 Å². The highest BCUT2D eigenvalue weighted by molar-refractivity contribution is 6.10. The smallest absolute Gasteiger partial charge is 0.407 e. The Bertz CT molecular complexity index is 1850. The quantitative estimate of drug-likeness (QED) is 0.0696. The van der Waals surface area contributed by atoms with Crippen molar-refractivity contribution in [3.05, 3.63) is 113 Å². The first-order valence-electron chi connectivity index (χ1n) is 16.0. The van der Waals surface area contributed by atoms with E-state index in [2.05, 4.69) is 20.9 Å². The number of carbonyl (C=O) groups is 4. The van der Waals surface area contributed by atoms with Crippen molar-refractivity contribution in [1.29, 1.82) is 5.41 Å². The van der Waals surface area contributed by atoms with Gasteiger partial charge in [0.25, 0.3) is 11.8 Å². The molecule has 1 heterocycles. The number of aromatic carboxylic acids is 1. The van der Waals surface area contributed by atoms with Crippen molar-refractivity contribution in [1.82, 2.24) is 15.6 Å². The summed E-state index contributed by atoms with van der Waals surface area (Å²) in [7, 11) is 0. The number of nitrogens with zero attached hydrogens (tertiary/aromatic N) is 1. The zero-order chi connectivity index (χ0) is 36.2. The van der Waals surface area contributed by atoms with Crippen LogP contribution in [-0.2, 0) is 11.3 Å². The van der Waals surface area contributed by atoms with Crippen LogP contribution in [0.3, 0.4) is 0 Å². The maximum atomic E-state index is 13.5. The number of nitrogens with one attached hydrogen (secondary N) is 4. The number of nitrogen functional groups attached to an aromatic ring is 1. The SMILES string of the molecule is CCOc1ccc(-c2ccc(C(=O)N[C@@H](CCNC(=O)OCc3ccccc3)C(C)C)cc2C(=O)O)c(C(=O)Nc2ccc(C(=N)N)cc2)n1. The van der Waals surface area contributed by atoms with Crippen LogP contribution in [0.5, 0.6) is 5.88 Å². The van der Waals surface area contributed by atoms with Crippen LogP contribution in [0, 0.1) is 11.3 Å². The van der Waals surface area contributed by atoms with Crippen molar-refractivity contribution in [2.24, 2.45) is 11.7 Å². The molecular formula is C37H40N6O7. The fourth-order valence-electron chi connectivity index (χ4n) is 5.01. The van der Waals surface area contributed by atoms with Crippen LogP contribution < -0.4 is 26.4 Å². The van der Waals surface area contributed by atoms with Gasteiger partial charge in [-0.3, -0.25) is 15.0 Å². The molecule has 0 spiro atoms. The van der Waals surface area contributed by atoms with E-state index >= 15 is 0 Å². The van der Waals surface area contributed by atoms with Gasteiger partial charge in [-0.2, -0.15) is 0 Å². The minimum absolute atomic E-state index is 0.00558. The van der Waals surface area contributed by atoms with Gasteiger partial charge in [-0.1, -0.05) is 50.2 Å². The number of benzene rings is 3. The highest BCUT2D eigenvalue weighted by atomic mass is 16.5. The number of amidine groups is 1. The molecule has 0 fully saturated rings. The molecule has 3 amide bonds. The zero-order valence-electron chi connectivity index (χ0n) is 28.0. The lowest BCUT2D eigenvalue weighted by Crippen LogP contribution is -2.41.